The Balaban J connectivity index is 0.000000111. The molecule has 0 aliphatic carbocycles. The standard InChI is InChI=1S/C27H28FN7O3.C27H29N7O3.C26H26N8O.C26H27N7O3/c1-15-6-7-35-19(13-31-25(35)23(15)28)24-17-11-32-26(36)22(17)18(12-30-24)33-21-5-4-16(10-29-21)34-8-9-38-20(14-34)27(2,3)37;1-27(2,36)21-15-34(10-11-37-21)16-4-5-22(29-12-16)32-20-14-30-24(19-13-31-26(35)23(19)20)17-6-8-28-25-18(17)7-9-33(25)3;1-33-9-7-17-16(5-8-28-25(17)33)24-18-12-30-26(35)23(18)19(13-29-24)31-21-3-2-4-22(32-21)34-10-6-15-11-27-14-20(15)34;1-26(2,35)20-15-32(9-10-36-20)16-6-7-21(27-11-16)31-18-13-29-24(17-12-30-25(34)23(17)18)19-14-28-22-5-3-4-8-33(19)22/h4-7,10,12-13,20,37H,8-9,11,14H2,1-3H3,(H,29,33)(H,32,36);4-9,12,14,21,36H,10-11,13,15H2,1-3H3,(H,29,32)(H,31,35);2-5,7-9,13,15,20,27H,6,10-12,14H2,1H3,(H,30,35)(H,31,32);3-8,11,13-14,20,35H,9-10,12,15H2,1-2H3,(H,27,31)(H,30,34)/t20-;21-;;20-/m00.1/s1. The second kappa shape index (κ2) is 38.5. The van der Waals surface area contributed by atoms with E-state index in [1.165, 1.54) is 6.42 Å². The first-order chi connectivity index (χ1) is 70.5. The van der Waals surface area contributed by atoms with Crippen molar-refractivity contribution in [2.45, 2.75) is 122 Å². The van der Waals surface area contributed by atoms with Gasteiger partial charge in [-0.15, -0.1) is 0 Å². The molecule has 5 saturated heterocycles. The van der Waals surface area contributed by atoms with Crippen LogP contribution in [0.5, 0.6) is 0 Å². The number of hydrogen-bond acceptors (Lipinski definition) is 31. The first-order valence-electron chi connectivity index (χ1n) is 48.8. The molecule has 0 radical (unpaired) electrons. The summed E-state index contributed by atoms with van der Waals surface area (Å²) in [5.41, 5.74) is 17.5. The number of nitrogens with zero attached hydrogens (tertiary/aromatic N) is 20. The summed E-state index contributed by atoms with van der Waals surface area (Å²) < 4.78 is 39.4. The molecule has 9 aliphatic rings. The molecule has 5 atom stereocenters. The largest absolute Gasteiger partial charge is 0.388 e. The van der Waals surface area contributed by atoms with Crippen molar-refractivity contribution in [3.05, 3.63) is 252 Å². The van der Waals surface area contributed by atoms with Gasteiger partial charge in [0.1, 0.15) is 64.3 Å². The molecular weight excluding hydrogens is 1860 g/mol. The second-order valence-electron chi connectivity index (χ2n) is 39.4. The lowest BCUT2D eigenvalue weighted by Gasteiger charge is -2.39. The van der Waals surface area contributed by atoms with Gasteiger partial charge in [-0.3, -0.25) is 47.9 Å². The second-order valence-corrected chi connectivity index (χ2v) is 39.4. The number of pyridine rings is 12. The molecule has 40 heteroatoms. The van der Waals surface area contributed by atoms with Crippen LogP contribution in [0.4, 0.5) is 73.3 Å². The Morgan fingerprint density at radius 2 is 0.842 bits per heavy atom. The fourth-order valence-electron chi connectivity index (χ4n) is 20.6. The summed E-state index contributed by atoms with van der Waals surface area (Å²) in [6.45, 7) is 22.4. The van der Waals surface area contributed by atoms with Gasteiger partial charge in [-0.25, -0.2) is 44.3 Å². The number of hydrogen-bond donors (Lipinski definition) is 12. The zero-order chi connectivity index (χ0) is 101. The number of imidazole rings is 2. The number of halogens is 1. The average molecular weight is 1970 g/mol. The number of aryl methyl sites for hydroxylation is 3. The molecule has 0 spiro atoms. The molecule has 2 unspecified atom stereocenters. The van der Waals surface area contributed by atoms with E-state index in [4.69, 9.17) is 34.1 Å². The van der Waals surface area contributed by atoms with Gasteiger partial charge < -0.3 is 106 Å². The van der Waals surface area contributed by atoms with Crippen molar-refractivity contribution >= 4 is 126 Å². The third-order valence-corrected chi connectivity index (χ3v) is 28.5. The number of amides is 4. The molecule has 9 aliphatic heterocycles. The Bertz CT molecular complexity index is 7770. The molecule has 0 aromatic carbocycles. The Morgan fingerprint density at radius 3 is 1.29 bits per heavy atom. The molecule has 39 nitrogen and oxygen atoms in total. The van der Waals surface area contributed by atoms with Crippen LogP contribution in [-0.2, 0) is 54.5 Å². The van der Waals surface area contributed by atoms with Gasteiger partial charge in [0.05, 0.1) is 189 Å². The quantitative estimate of drug-likeness (QED) is 0.0358. The van der Waals surface area contributed by atoms with E-state index in [0.29, 0.717) is 175 Å². The number of aliphatic hydroxyl groups is 3. The highest BCUT2D eigenvalue weighted by atomic mass is 19.1. The number of carbonyl (C=O) groups excluding carboxylic acids is 4. The van der Waals surface area contributed by atoms with Crippen LogP contribution in [0.1, 0.15) is 117 Å². The number of rotatable bonds is 19. The molecule has 25 heterocycles. The molecule has 746 valence electrons. The van der Waals surface area contributed by atoms with E-state index in [2.05, 4.69) is 113 Å². The maximum Gasteiger partial charge on any atom is 0.254 e. The minimum Gasteiger partial charge on any atom is -0.388 e. The van der Waals surface area contributed by atoms with Gasteiger partial charge in [0.25, 0.3) is 23.6 Å². The summed E-state index contributed by atoms with van der Waals surface area (Å²) in [5.74, 6) is 3.18. The van der Waals surface area contributed by atoms with Gasteiger partial charge in [0.15, 0.2) is 11.5 Å². The molecule has 25 rings (SSSR count). The highest BCUT2D eigenvalue weighted by Gasteiger charge is 2.42. The minimum atomic E-state index is -0.940. The summed E-state index contributed by atoms with van der Waals surface area (Å²) in [5, 5.41) is 61.4. The fraction of sp³-hybridized carbons (Fsp3) is 0.321. The number of ether oxygens (including phenoxy) is 3. The number of anilines is 12. The Morgan fingerprint density at radius 1 is 0.411 bits per heavy atom. The smallest absolute Gasteiger partial charge is 0.254 e. The topological polar surface area (TPSA) is 451 Å². The number of carbonyl (C=O) groups is 4. The van der Waals surface area contributed by atoms with Crippen LogP contribution in [0.2, 0.25) is 0 Å². The van der Waals surface area contributed by atoms with Gasteiger partial charge in [-0.05, 0) is 157 Å². The van der Waals surface area contributed by atoms with Crippen LogP contribution in [0.15, 0.2) is 196 Å². The Hall–Kier alpha value is -16.1. The lowest BCUT2D eigenvalue weighted by Crippen LogP contribution is -2.52. The molecule has 4 amide bonds. The summed E-state index contributed by atoms with van der Waals surface area (Å²) >= 11 is 0. The van der Waals surface area contributed by atoms with Crippen molar-refractivity contribution in [2.75, 3.05) is 120 Å². The van der Waals surface area contributed by atoms with E-state index in [1.807, 2.05) is 137 Å². The summed E-state index contributed by atoms with van der Waals surface area (Å²) in [4.78, 5) is 115. The van der Waals surface area contributed by atoms with Crippen molar-refractivity contribution < 1.29 is 53.1 Å². The molecule has 146 heavy (non-hydrogen) atoms. The highest BCUT2D eigenvalue weighted by molar-refractivity contribution is 6.09. The maximum absolute atomic E-state index is 14.6. The first kappa shape index (κ1) is 94.8. The molecule has 0 bridgehead atoms. The van der Waals surface area contributed by atoms with Crippen LogP contribution < -0.4 is 67.5 Å². The minimum absolute atomic E-state index is 0.0971. The van der Waals surface area contributed by atoms with Gasteiger partial charge in [0.2, 0.25) is 0 Å². The van der Waals surface area contributed by atoms with Crippen LogP contribution in [0.25, 0.3) is 78.7 Å². The lowest BCUT2D eigenvalue weighted by molar-refractivity contribution is -0.0928. The number of fused-ring (bicyclic) bond motifs is 9. The zero-order valence-electron chi connectivity index (χ0n) is 81.9. The van der Waals surface area contributed by atoms with Gasteiger partial charge in [-0.1, -0.05) is 12.1 Å². The third-order valence-electron chi connectivity index (χ3n) is 28.5. The molecule has 16 aromatic rings. The zero-order valence-corrected chi connectivity index (χ0v) is 81.9. The monoisotopic (exact) mass is 1970 g/mol. The van der Waals surface area contributed by atoms with E-state index >= 15 is 0 Å². The van der Waals surface area contributed by atoms with Crippen molar-refractivity contribution in [1.82, 2.24) is 104 Å². The fourth-order valence-corrected chi connectivity index (χ4v) is 20.6. The van der Waals surface area contributed by atoms with E-state index in [1.54, 1.807) is 133 Å². The van der Waals surface area contributed by atoms with Crippen molar-refractivity contribution in [3.8, 4) is 45.3 Å². The highest BCUT2D eigenvalue weighted by Crippen LogP contribution is 2.43. The van der Waals surface area contributed by atoms with Gasteiger partial charge >= 0.3 is 0 Å². The summed E-state index contributed by atoms with van der Waals surface area (Å²) in [7, 11) is 3.93. The number of aromatic nitrogens is 16. The first-order valence-corrected chi connectivity index (χ1v) is 48.8. The molecule has 12 N–H and O–H groups in total. The molecule has 5 fully saturated rings. The van der Waals surface area contributed by atoms with Crippen molar-refractivity contribution in [1.29, 1.82) is 0 Å². The van der Waals surface area contributed by atoms with Crippen molar-refractivity contribution in [3.63, 3.8) is 0 Å². The SMILES string of the molecule is CC(C)(O)[C@H]1CN(c2ccc(Nc3cnc(-c4cnc5ccccn45)c4c3C(=O)NC4)nc2)CCO1.Cc1ccn2c(-c3ncc(Nc4ccc(N5CCO[C@H](C(C)(C)O)C5)cn4)c4c3CNC4=O)cnc2c1F.Cn1ccc2c(-c3ncc(Nc4ccc(N5CCO[C@H](C(C)(C)O)C5)cn4)c4c3CNC4=O)ccnc21.Cn1ccc2c(-c3ncc(Nc4cccc(N5CCC6CNCC65)n4)c4c3CNC4=O)ccnc21. The van der Waals surface area contributed by atoms with Crippen molar-refractivity contribution in [2.24, 2.45) is 20.0 Å². The predicted octanol–water partition coefficient (Wildman–Crippen LogP) is 11.8. The van der Waals surface area contributed by atoms with E-state index in [0.717, 1.165) is 134 Å². The molecular formula is C106H110FN29O10. The Labute approximate surface area is 837 Å². The van der Waals surface area contributed by atoms with Crippen LogP contribution in [-0.4, -0.2) is 237 Å². The number of morpholine rings is 3. The van der Waals surface area contributed by atoms with E-state index < -0.39 is 16.8 Å². The van der Waals surface area contributed by atoms with E-state index in [-0.39, 0.29) is 53.4 Å². The van der Waals surface area contributed by atoms with E-state index in [9.17, 15) is 38.9 Å². The Kier molecular flexibility index (Phi) is 25.0. The van der Waals surface area contributed by atoms with Gasteiger partial charge in [0, 0.05) is 187 Å². The predicted molar refractivity (Wildman–Crippen MR) is 551 cm³/mol. The third kappa shape index (κ3) is 18.4. The van der Waals surface area contributed by atoms with Crippen LogP contribution in [0.3, 0.4) is 0 Å². The van der Waals surface area contributed by atoms with Gasteiger partial charge in [-0.2, -0.15) is 0 Å². The average Bonchev–Trinajstić information content (AvgIpc) is 1.58. The maximum atomic E-state index is 14.6. The molecule has 16 aromatic heterocycles. The van der Waals surface area contributed by atoms with Crippen LogP contribution >= 0.6 is 0 Å². The molecule has 0 saturated carbocycles. The summed E-state index contributed by atoms with van der Waals surface area (Å²) in [6.07, 6.45) is 27.0. The normalized spacial score (nSPS) is 18.4. The summed E-state index contributed by atoms with van der Waals surface area (Å²) in [6, 6.07) is 33.5. The van der Waals surface area contributed by atoms with Crippen LogP contribution in [0, 0.1) is 18.7 Å². The number of nitrogens with one attached hydrogen (secondary N) is 9. The lowest BCUT2D eigenvalue weighted by atomic mass is 10.00.